The summed E-state index contributed by atoms with van der Waals surface area (Å²) in [5, 5.41) is 6.46. The second kappa shape index (κ2) is 12.1. The Kier molecular flexibility index (Phi) is 10.6. The van der Waals surface area contributed by atoms with Crippen LogP contribution < -0.4 is 15.4 Å². The average Bonchev–Trinajstić information content (AvgIpc) is 2.60. The van der Waals surface area contributed by atoms with Gasteiger partial charge in [0.15, 0.2) is 5.96 Å². The Bertz CT molecular complexity index is 741. The van der Waals surface area contributed by atoms with Crippen molar-refractivity contribution in [1.29, 1.82) is 0 Å². The summed E-state index contributed by atoms with van der Waals surface area (Å²) in [4.78, 5) is 4.82. The van der Waals surface area contributed by atoms with Crippen molar-refractivity contribution in [3.8, 4) is 0 Å². The van der Waals surface area contributed by atoms with E-state index in [0.29, 0.717) is 24.0 Å². The van der Waals surface area contributed by atoms with Crippen molar-refractivity contribution >= 4 is 16.0 Å². The van der Waals surface area contributed by atoms with Crippen LogP contribution in [-0.4, -0.2) is 46.2 Å². The van der Waals surface area contributed by atoms with E-state index in [0.717, 1.165) is 26.1 Å². The molecule has 0 aliphatic rings. The van der Waals surface area contributed by atoms with Crippen LogP contribution in [0.15, 0.2) is 34.2 Å². The van der Waals surface area contributed by atoms with E-state index >= 15 is 0 Å². The molecular formula is C21H38N4O3S. The van der Waals surface area contributed by atoms with Gasteiger partial charge in [0.2, 0.25) is 10.0 Å². The molecule has 3 N–H and O–H groups in total. The van der Waals surface area contributed by atoms with Gasteiger partial charge in [0, 0.05) is 31.8 Å². The van der Waals surface area contributed by atoms with Gasteiger partial charge in [-0.05, 0) is 51.7 Å². The van der Waals surface area contributed by atoms with Gasteiger partial charge in [0.1, 0.15) is 0 Å². The number of rotatable bonds is 11. The Balaban J connectivity index is 2.77. The molecule has 0 amide bonds. The van der Waals surface area contributed by atoms with E-state index in [1.165, 1.54) is 0 Å². The van der Waals surface area contributed by atoms with Gasteiger partial charge < -0.3 is 15.4 Å². The van der Waals surface area contributed by atoms with Gasteiger partial charge in [-0.15, -0.1) is 0 Å². The average molecular weight is 427 g/mol. The highest BCUT2D eigenvalue weighted by Crippen LogP contribution is 2.18. The van der Waals surface area contributed by atoms with Crippen molar-refractivity contribution in [2.75, 3.05) is 26.3 Å². The van der Waals surface area contributed by atoms with E-state index in [-0.39, 0.29) is 11.4 Å². The highest BCUT2D eigenvalue weighted by atomic mass is 32.2. The molecule has 0 radical (unpaired) electrons. The third-order valence-electron chi connectivity index (χ3n) is 3.66. The largest absolute Gasteiger partial charge is 0.381 e. The molecule has 1 rings (SSSR count). The molecule has 0 saturated carbocycles. The molecule has 0 aromatic heterocycles. The van der Waals surface area contributed by atoms with E-state index in [2.05, 4.69) is 34.2 Å². The van der Waals surface area contributed by atoms with Gasteiger partial charge in [0.25, 0.3) is 0 Å². The first-order valence-electron chi connectivity index (χ1n) is 10.3. The van der Waals surface area contributed by atoms with Crippen LogP contribution in [0.1, 0.15) is 53.5 Å². The van der Waals surface area contributed by atoms with Gasteiger partial charge in [0.05, 0.1) is 11.4 Å². The molecule has 0 bridgehead atoms. The second-order valence-electron chi connectivity index (χ2n) is 8.41. The van der Waals surface area contributed by atoms with Crippen molar-refractivity contribution in [3.63, 3.8) is 0 Å². The number of guanidine groups is 1. The van der Waals surface area contributed by atoms with Crippen LogP contribution >= 0.6 is 0 Å². The fourth-order valence-electron chi connectivity index (χ4n) is 2.56. The zero-order valence-corrected chi connectivity index (χ0v) is 19.5. The summed E-state index contributed by atoms with van der Waals surface area (Å²) in [5.41, 5.74) is 0.102. The maximum Gasteiger partial charge on any atom is 0.241 e. The van der Waals surface area contributed by atoms with E-state index in [1.54, 1.807) is 18.2 Å². The zero-order chi connectivity index (χ0) is 21.9. The fourth-order valence-corrected chi connectivity index (χ4v) is 4.21. The summed E-state index contributed by atoms with van der Waals surface area (Å²) in [6.07, 6.45) is 0.873. The summed E-state index contributed by atoms with van der Waals surface area (Å²) in [6.45, 7) is 14.9. The number of sulfonamides is 1. The van der Waals surface area contributed by atoms with Crippen LogP contribution in [0, 0.1) is 5.92 Å². The molecule has 0 aliphatic heterocycles. The third-order valence-corrected chi connectivity index (χ3v) is 5.52. The number of aliphatic imine (C=N–C) groups is 1. The molecule has 8 heteroatoms. The normalized spacial score (nSPS) is 13.0. The monoisotopic (exact) mass is 426 g/mol. The predicted molar refractivity (Wildman–Crippen MR) is 120 cm³/mol. The minimum Gasteiger partial charge on any atom is -0.381 e. The standard InChI is InChI=1S/C21H38N4O3S/c1-7-22-20(23-13-10-14-28-16-17(2)3)24-15-18-11-8-9-12-19(18)29(26,27)25-21(4,5)6/h8-9,11-12,17,25H,7,10,13-16H2,1-6H3,(H2,22,23,24). The van der Waals surface area contributed by atoms with E-state index in [4.69, 9.17) is 4.74 Å². The van der Waals surface area contributed by atoms with E-state index in [9.17, 15) is 8.42 Å². The van der Waals surface area contributed by atoms with Crippen molar-refractivity contribution in [2.24, 2.45) is 10.9 Å². The first-order chi connectivity index (χ1) is 13.5. The number of ether oxygens (including phenoxy) is 1. The van der Waals surface area contributed by atoms with Crippen molar-refractivity contribution in [2.45, 2.75) is 64.9 Å². The van der Waals surface area contributed by atoms with Crippen molar-refractivity contribution < 1.29 is 13.2 Å². The summed E-state index contributed by atoms with van der Waals surface area (Å²) in [6, 6.07) is 6.97. The zero-order valence-electron chi connectivity index (χ0n) is 18.7. The van der Waals surface area contributed by atoms with Gasteiger partial charge in [-0.2, -0.15) is 0 Å². The molecule has 166 valence electrons. The number of benzene rings is 1. The molecule has 29 heavy (non-hydrogen) atoms. The highest BCUT2D eigenvalue weighted by molar-refractivity contribution is 7.89. The van der Waals surface area contributed by atoms with Crippen molar-refractivity contribution in [3.05, 3.63) is 29.8 Å². The molecule has 0 unspecified atom stereocenters. The Morgan fingerprint density at radius 1 is 1.17 bits per heavy atom. The van der Waals surface area contributed by atoms with Gasteiger partial charge >= 0.3 is 0 Å². The quantitative estimate of drug-likeness (QED) is 0.287. The molecule has 1 aromatic carbocycles. The maximum absolute atomic E-state index is 12.8. The van der Waals surface area contributed by atoms with Crippen LogP contribution in [0.25, 0.3) is 0 Å². The molecule has 0 aliphatic carbocycles. The van der Waals surface area contributed by atoms with Gasteiger partial charge in [-0.25, -0.2) is 18.1 Å². The smallest absolute Gasteiger partial charge is 0.241 e. The lowest BCUT2D eigenvalue weighted by Gasteiger charge is -2.21. The minimum absolute atomic E-state index is 0.261. The fraction of sp³-hybridized carbons (Fsp3) is 0.667. The first-order valence-corrected chi connectivity index (χ1v) is 11.7. The molecule has 0 saturated heterocycles. The number of hydrogen-bond donors (Lipinski definition) is 3. The Hall–Kier alpha value is -1.64. The molecule has 0 spiro atoms. The van der Waals surface area contributed by atoms with Gasteiger partial charge in [-0.3, -0.25) is 0 Å². The molecule has 0 atom stereocenters. The van der Waals surface area contributed by atoms with Crippen LogP contribution in [-0.2, 0) is 21.3 Å². The summed E-state index contributed by atoms with van der Waals surface area (Å²) in [5.74, 6) is 1.19. The Labute approximate surface area is 176 Å². The van der Waals surface area contributed by atoms with E-state index < -0.39 is 15.6 Å². The van der Waals surface area contributed by atoms with Crippen LogP contribution in [0.3, 0.4) is 0 Å². The lowest BCUT2D eigenvalue weighted by molar-refractivity contribution is 0.108. The Morgan fingerprint density at radius 2 is 1.86 bits per heavy atom. The van der Waals surface area contributed by atoms with Crippen LogP contribution in [0.5, 0.6) is 0 Å². The highest BCUT2D eigenvalue weighted by Gasteiger charge is 2.24. The summed E-state index contributed by atoms with van der Waals surface area (Å²) in [7, 11) is -3.62. The second-order valence-corrected chi connectivity index (χ2v) is 10.1. The van der Waals surface area contributed by atoms with Gasteiger partial charge in [-0.1, -0.05) is 32.0 Å². The lowest BCUT2D eigenvalue weighted by atomic mass is 10.1. The predicted octanol–water partition coefficient (Wildman–Crippen LogP) is 2.88. The molecule has 1 aromatic rings. The minimum atomic E-state index is -3.62. The molecule has 0 fully saturated rings. The van der Waals surface area contributed by atoms with Crippen LogP contribution in [0.2, 0.25) is 0 Å². The number of nitrogens with zero attached hydrogens (tertiary/aromatic N) is 1. The SMILES string of the molecule is CCNC(=NCc1ccccc1S(=O)(=O)NC(C)(C)C)NCCCOCC(C)C. The topological polar surface area (TPSA) is 91.8 Å². The lowest BCUT2D eigenvalue weighted by Crippen LogP contribution is -2.40. The molecular weight excluding hydrogens is 388 g/mol. The molecule has 0 heterocycles. The Morgan fingerprint density at radius 3 is 2.48 bits per heavy atom. The van der Waals surface area contributed by atoms with Crippen molar-refractivity contribution in [1.82, 2.24) is 15.4 Å². The number of hydrogen-bond acceptors (Lipinski definition) is 4. The number of nitrogens with one attached hydrogen (secondary N) is 3. The van der Waals surface area contributed by atoms with Crippen LogP contribution in [0.4, 0.5) is 0 Å². The molecule has 7 nitrogen and oxygen atoms in total. The third kappa shape index (κ3) is 10.6. The maximum atomic E-state index is 12.8. The summed E-state index contributed by atoms with van der Waals surface area (Å²) < 4.78 is 33.8. The van der Waals surface area contributed by atoms with E-state index in [1.807, 2.05) is 33.8 Å². The first kappa shape index (κ1) is 25.4. The summed E-state index contributed by atoms with van der Waals surface area (Å²) >= 11 is 0.